The van der Waals surface area contributed by atoms with E-state index in [0.717, 1.165) is 17.8 Å². The van der Waals surface area contributed by atoms with Crippen LogP contribution in [0.25, 0.3) is 0 Å². The lowest BCUT2D eigenvalue weighted by molar-refractivity contribution is 0.0710. The number of hydrogen-bond acceptors (Lipinski definition) is 6. The van der Waals surface area contributed by atoms with E-state index in [2.05, 4.69) is 10.1 Å². The summed E-state index contributed by atoms with van der Waals surface area (Å²) in [6.07, 6.45) is 1.43. The van der Waals surface area contributed by atoms with Crippen LogP contribution in [0.2, 0.25) is 8.67 Å². The number of aromatic nitrogens is 2. The second kappa shape index (κ2) is 5.86. The fourth-order valence-corrected chi connectivity index (χ4v) is 3.83. The van der Waals surface area contributed by atoms with Crippen LogP contribution < -0.4 is 5.73 Å². The number of hydrogen-bond donors (Lipinski definition) is 1. The Morgan fingerprint density at radius 2 is 2.23 bits per heavy atom. The monoisotopic (exact) mass is 360 g/mol. The Morgan fingerprint density at radius 1 is 1.45 bits per heavy atom. The van der Waals surface area contributed by atoms with E-state index in [0.29, 0.717) is 27.2 Å². The van der Waals surface area contributed by atoms with Gasteiger partial charge < -0.3 is 15.2 Å². The van der Waals surface area contributed by atoms with Crippen LogP contribution in [0.3, 0.4) is 0 Å². The van der Waals surface area contributed by atoms with Gasteiger partial charge >= 0.3 is 0 Å². The number of amides is 2. The number of halogens is 2. The molecule has 22 heavy (non-hydrogen) atoms. The first kappa shape index (κ1) is 15.3. The summed E-state index contributed by atoms with van der Waals surface area (Å²) < 4.78 is 5.83. The third kappa shape index (κ3) is 2.69. The summed E-state index contributed by atoms with van der Waals surface area (Å²) >= 11 is 13.0. The van der Waals surface area contributed by atoms with E-state index in [1.165, 1.54) is 6.07 Å². The number of nitrogens with zero attached hydrogens (tertiary/aromatic N) is 3. The van der Waals surface area contributed by atoms with Gasteiger partial charge in [0.1, 0.15) is 10.4 Å². The fourth-order valence-electron chi connectivity index (χ4n) is 2.38. The molecule has 7 nitrogen and oxygen atoms in total. The quantitative estimate of drug-likeness (QED) is 0.905. The Bertz CT molecular complexity index is 745. The number of primary amides is 1. The van der Waals surface area contributed by atoms with E-state index >= 15 is 0 Å². The zero-order valence-corrected chi connectivity index (χ0v) is 13.4. The minimum Gasteiger partial charge on any atom is -0.363 e. The SMILES string of the molecule is NC(=O)c1noc([C@H]2CCCN2C(=O)c2cc(Cl)sc2Cl)n1. The average molecular weight is 361 g/mol. The second-order valence-electron chi connectivity index (χ2n) is 4.71. The zero-order valence-electron chi connectivity index (χ0n) is 11.1. The van der Waals surface area contributed by atoms with Crippen LogP contribution in [-0.4, -0.2) is 33.4 Å². The van der Waals surface area contributed by atoms with Gasteiger partial charge in [-0.15, -0.1) is 11.3 Å². The van der Waals surface area contributed by atoms with Gasteiger partial charge in [0.2, 0.25) is 5.89 Å². The van der Waals surface area contributed by atoms with Crippen molar-refractivity contribution in [1.82, 2.24) is 15.0 Å². The molecule has 0 unspecified atom stereocenters. The summed E-state index contributed by atoms with van der Waals surface area (Å²) in [4.78, 5) is 29.2. The Labute approximate surface area is 139 Å². The summed E-state index contributed by atoms with van der Waals surface area (Å²) in [6.45, 7) is 0.529. The van der Waals surface area contributed by atoms with Gasteiger partial charge in [0, 0.05) is 6.54 Å². The molecule has 2 aromatic rings. The number of rotatable bonds is 3. The highest BCUT2D eigenvalue weighted by atomic mass is 35.5. The Hall–Kier alpha value is -1.64. The summed E-state index contributed by atoms with van der Waals surface area (Å²) in [5.74, 6) is -1.05. The molecule has 0 aromatic carbocycles. The maximum Gasteiger partial charge on any atom is 0.290 e. The third-order valence-electron chi connectivity index (χ3n) is 3.35. The van der Waals surface area contributed by atoms with Crippen molar-refractivity contribution in [3.63, 3.8) is 0 Å². The normalized spacial score (nSPS) is 17.9. The molecule has 1 aliphatic heterocycles. The van der Waals surface area contributed by atoms with Gasteiger partial charge in [0.15, 0.2) is 0 Å². The molecule has 3 rings (SSSR count). The summed E-state index contributed by atoms with van der Waals surface area (Å²) in [5.41, 5.74) is 5.44. The average Bonchev–Trinajstić information content (AvgIpc) is 3.15. The fraction of sp³-hybridized carbons (Fsp3) is 0.333. The third-order valence-corrected chi connectivity index (χ3v) is 4.84. The lowest BCUT2D eigenvalue weighted by atomic mass is 10.2. The van der Waals surface area contributed by atoms with Crippen molar-refractivity contribution < 1.29 is 14.1 Å². The highest BCUT2D eigenvalue weighted by molar-refractivity contribution is 7.20. The number of carbonyl (C=O) groups is 2. The first-order chi connectivity index (χ1) is 10.5. The predicted molar refractivity (Wildman–Crippen MR) is 80.2 cm³/mol. The molecule has 10 heteroatoms. The van der Waals surface area contributed by atoms with E-state index in [1.807, 2.05) is 0 Å². The molecular weight excluding hydrogens is 351 g/mol. The number of likely N-dealkylation sites (tertiary alicyclic amines) is 1. The highest BCUT2D eigenvalue weighted by Crippen LogP contribution is 2.36. The maximum absolute atomic E-state index is 12.6. The van der Waals surface area contributed by atoms with Crippen molar-refractivity contribution in [1.29, 1.82) is 0 Å². The van der Waals surface area contributed by atoms with Crippen LogP contribution in [0.5, 0.6) is 0 Å². The predicted octanol–water partition coefficient (Wildman–Crippen LogP) is 2.51. The molecular formula is C12H10Cl2N4O3S. The molecule has 3 heterocycles. The van der Waals surface area contributed by atoms with E-state index in [1.54, 1.807) is 4.90 Å². The molecule has 0 radical (unpaired) electrons. The first-order valence-corrected chi connectivity index (χ1v) is 7.94. The Morgan fingerprint density at radius 3 is 2.82 bits per heavy atom. The van der Waals surface area contributed by atoms with Crippen molar-refractivity contribution in [3.8, 4) is 0 Å². The number of nitrogens with two attached hydrogens (primary N) is 1. The van der Waals surface area contributed by atoms with Crippen LogP contribution >= 0.6 is 34.5 Å². The molecule has 0 bridgehead atoms. The van der Waals surface area contributed by atoms with Crippen LogP contribution in [0.1, 0.15) is 45.8 Å². The molecule has 1 atom stereocenters. The molecule has 116 valence electrons. The number of carbonyl (C=O) groups excluding carboxylic acids is 2. The molecule has 1 saturated heterocycles. The van der Waals surface area contributed by atoms with Gasteiger partial charge in [-0.1, -0.05) is 28.4 Å². The molecule has 2 amide bonds. The first-order valence-electron chi connectivity index (χ1n) is 6.36. The summed E-state index contributed by atoms with van der Waals surface area (Å²) in [7, 11) is 0. The van der Waals surface area contributed by atoms with Crippen LogP contribution in [-0.2, 0) is 0 Å². The van der Waals surface area contributed by atoms with Crippen molar-refractivity contribution >= 4 is 46.4 Å². The van der Waals surface area contributed by atoms with Gasteiger partial charge in [0.25, 0.3) is 17.6 Å². The Kier molecular flexibility index (Phi) is 4.07. The molecule has 1 fully saturated rings. The van der Waals surface area contributed by atoms with Gasteiger partial charge in [0.05, 0.1) is 9.90 Å². The van der Waals surface area contributed by atoms with Gasteiger partial charge in [-0.3, -0.25) is 9.59 Å². The van der Waals surface area contributed by atoms with E-state index in [-0.39, 0.29) is 17.6 Å². The minimum atomic E-state index is -0.779. The molecule has 0 aliphatic carbocycles. The largest absolute Gasteiger partial charge is 0.363 e. The lowest BCUT2D eigenvalue weighted by Gasteiger charge is -2.21. The Balaban J connectivity index is 1.87. The van der Waals surface area contributed by atoms with Crippen LogP contribution in [0.4, 0.5) is 0 Å². The molecule has 2 N–H and O–H groups in total. The van der Waals surface area contributed by atoms with E-state index < -0.39 is 11.9 Å². The maximum atomic E-state index is 12.6. The minimum absolute atomic E-state index is 0.192. The highest BCUT2D eigenvalue weighted by Gasteiger charge is 2.36. The molecule has 2 aromatic heterocycles. The smallest absolute Gasteiger partial charge is 0.290 e. The molecule has 0 spiro atoms. The van der Waals surface area contributed by atoms with Crippen molar-refractivity contribution in [2.75, 3.05) is 6.54 Å². The van der Waals surface area contributed by atoms with Crippen molar-refractivity contribution in [2.24, 2.45) is 5.73 Å². The van der Waals surface area contributed by atoms with E-state index in [4.69, 9.17) is 33.5 Å². The van der Waals surface area contributed by atoms with Crippen LogP contribution in [0, 0.1) is 0 Å². The topological polar surface area (TPSA) is 102 Å². The van der Waals surface area contributed by atoms with Gasteiger partial charge in [-0.05, 0) is 18.9 Å². The summed E-state index contributed by atoms with van der Waals surface area (Å²) in [5, 5.41) is 3.50. The van der Waals surface area contributed by atoms with E-state index in [9.17, 15) is 9.59 Å². The molecule has 0 saturated carbocycles. The van der Waals surface area contributed by atoms with Gasteiger partial charge in [-0.25, -0.2) is 0 Å². The molecule has 1 aliphatic rings. The lowest BCUT2D eigenvalue weighted by Crippen LogP contribution is -2.30. The second-order valence-corrected chi connectivity index (χ2v) is 7.00. The summed E-state index contributed by atoms with van der Waals surface area (Å²) in [6, 6.07) is 1.14. The number of thiophene rings is 1. The standard InChI is InChI=1S/C12H10Cl2N4O3S/c13-7-4-5(8(14)22-7)12(20)18-3-1-2-6(18)11-16-10(9(15)19)17-21-11/h4,6H,1-3H2,(H2,15,19)/t6-/m1/s1. The van der Waals surface area contributed by atoms with Crippen molar-refractivity contribution in [3.05, 3.63) is 32.0 Å². The van der Waals surface area contributed by atoms with Gasteiger partial charge in [-0.2, -0.15) is 4.98 Å². The van der Waals surface area contributed by atoms with Crippen LogP contribution in [0.15, 0.2) is 10.6 Å². The zero-order chi connectivity index (χ0) is 15.9. The van der Waals surface area contributed by atoms with Crippen molar-refractivity contribution in [2.45, 2.75) is 18.9 Å².